The molecule has 14 heavy (non-hydrogen) atoms. The molecule has 0 fully saturated rings. The first-order valence-electron chi connectivity index (χ1n) is 4.00. The smallest absolute Gasteiger partial charge is 0.246 e. The largest absolute Gasteiger partial charge is 0.343 e. The van der Waals surface area contributed by atoms with Crippen LogP contribution in [0.4, 0.5) is 8.78 Å². The first-order chi connectivity index (χ1) is 6.57. The van der Waals surface area contributed by atoms with E-state index >= 15 is 0 Å². The van der Waals surface area contributed by atoms with Gasteiger partial charge >= 0.3 is 4.83 Å². The maximum Gasteiger partial charge on any atom is 0.343 e. The molecule has 0 saturated carbocycles. The Labute approximate surface area is 87.9 Å². The summed E-state index contributed by atoms with van der Waals surface area (Å²) in [4.78, 5) is 0.791. The summed E-state index contributed by atoms with van der Waals surface area (Å²) in [6, 6.07) is 10.1. The second-order valence-electron chi connectivity index (χ2n) is 2.89. The number of benzene rings is 1. The monoisotopic (exact) mass is 257 g/mol. The van der Waals surface area contributed by atoms with Gasteiger partial charge in [0, 0.05) is 5.39 Å². The number of aromatic nitrogens is 1. The number of hydrogen-bond donors (Lipinski definition) is 0. The summed E-state index contributed by atoms with van der Waals surface area (Å²) in [5.74, 6) is 0. The zero-order valence-electron chi connectivity index (χ0n) is 7.05. The lowest BCUT2D eigenvalue weighted by Crippen LogP contribution is -2.05. The highest BCUT2D eigenvalue weighted by atomic mass is 79.9. The van der Waals surface area contributed by atoms with Crippen LogP contribution in [0, 0.1) is 0 Å². The summed E-state index contributed by atoms with van der Waals surface area (Å²) in [6.07, 6.45) is 0. The molecule has 1 aromatic carbocycles. The maximum atomic E-state index is 12.8. The zero-order chi connectivity index (χ0) is 10.2. The van der Waals surface area contributed by atoms with Crippen molar-refractivity contribution in [2.24, 2.45) is 0 Å². The standard InChI is InChI=1S/C10H6BrF2N/c11-10(12,13)9-6-5-7-3-1-2-4-8(7)14-9/h1-6H. The first kappa shape index (κ1) is 9.52. The van der Waals surface area contributed by atoms with E-state index in [1.165, 1.54) is 6.07 Å². The van der Waals surface area contributed by atoms with Gasteiger partial charge in [-0.2, -0.15) is 8.78 Å². The molecule has 0 unspecified atom stereocenters. The molecule has 4 heteroatoms. The minimum Gasteiger partial charge on any atom is -0.246 e. The zero-order valence-corrected chi connectivity index (χ0v) is 8.63. The van der Waals surface area contributed by atoms with Gasteiger partial charge in [-0.3, -0.25) is 0 Å². The van der Waals surface area contributed by atoms with E-state index in [9.17, 15) is 8.78 Å². The van der Waals surface area contributed by atoms with Crippen LogP contribution in [-0.2, 0) is 4.83 Å². The molecule has 0 aliphatic rings. The third-order valence-corrected chi connectivity index (χ3v) is 2.30. The van der Waals surface area contributed by atoms with Gasteiger partial charge in [0.15, 0.2) is 0 Å². The Bertz CT molecular complexity index is 465. The first-order valence-corrected chi connectivity index (χ1v) is 4.80. The summed E-state index contributed by atoms with van der Waals surface area (Å²) >= 11 is 2.28. The lowest BCUT2D eigenvalue weighted by molar-refractivity contribution is 0.110. The van der Waals surface area contributed by atoms with E-state index in [4.69, 9.17) is 0 Å². The summed E-state index contributed by atoms with van der Waals surface area (Å²) in [5, 5.41) is 0.855. The Morgan fingerprint density at radius 1 is 1.07 bits per heavy atom. The summed E-state index contributed by atoms with van der Waals surface area (Å²) in [6.45, 7) is 0. The Morgan fingerprint density at radius 2 is 1.79 bits per heavy atom. The van der Waals surface area contributed by atoms with Crippen LogP contribution >= 0.6 is 15.9 Å². The molecule has 0 radical (unpaired) electrons. The molecular weight excluding hydrogens is 252 g/mol. The van der Waals surface area contributed by atoms with Crippen molar-refractivity contribution >= 4 is 26.8 Å². The van der Waals surface area contributed by atoms with Gasteiger partial charge in [0.25, 0.3) is 0 Å². The molecule has 2 rings (SSSR count). The van der Waals surface area contributed by atoms with E-state index in [-0.39, 0.29) is 5.69 Å². The van der Waals surface area contributed by atoms with E-state index in [1.54, 1.807) is 18.2 Å². The van der Waals surface area contributed by atoms with Crippen LogP contribution < -0.4 is 0 Å². The number of alkyl halides is 3. The number of pyridine rings is 1. The number of rotatable bonds is 1. The summed E-state index contributed by atoms with van der Waals surface area (Å²) < 4.78 is 25.7. The fourth-order valence-corrected chi connectivity index (χ4v) is 1.44. The van der Waals surface area contributed by atoms with Crippen LogP contribution in [0.25, 0.3) is 10.9 Å². The Balaban J connectivity index is 2.63. The predicted octanol–water partition coefficient (Wildman–Crippen LogP) is 3.68. The van der Waals surface area contributed by atoms with Crippen molar-refractivity contribution in [3.05, 3.63) is 42.1 Å². The molecule has 2 aromatic rings. The van der Waals surface area contributed by atoms with Gasteiger partial charge in [-0.15, -0.1) is 0 Å². The average Bonchev–Trinajstić information content (AvgIpc) is 2.16. The van der Waals surface area contributed by atoms with Gasteiger partial charge < -0.3 is 0 Å². The molecule has 0 bridgehead atoms. The van der Waals surface area contributed by atoms with E-state index in [0.29, 0.717) is 5.52 Å². The molecule has 0 N–H and O–H groups in total. The number of fused-ring (bicyclic) bond motifs is 1. The number of hydrogen-bond acceptors (Lipinski definition) is 1. The SMILES string of the molecule is FC(F)(Br)c1ccc2ccccc2n1. The van der Waals surface area contributed by atoms with Gasteiger partial charge in [-0.05, 0) is 28.1 Å². The van der Waals surface area contributed by atoms with Crippen molar-refractivity contribution in [3.8, 4) is 0 Å². The van der Waals surface area contributed by atoms with Crippen LogP contribution in [0.15, 0.2) is 36.4 Å². The summed E-state index contributed by atoms with van der Waals surface area (Å²) in [7, 11) is 0. The fourth-order valence-electron chi connectivity index (χ4n) is 1.22. The van der Waals surface area contributed by atoms with Crippen LogP contribution in [0.1, 0.15) is 5.69 Å². The summed E-state index contributed by atoms with van der Waals surface area (Å²) in [5.41, 5.74) is 0.306. The second kappa shape index (κ2) is 3.28. The van der Waals surface area contributed by atoms with Crippen molar-refractivity contribution in [1.82, 2.24) is 4.98 Å². The predicted molar refractivity (Wildman–Crippen MR) is 54.6 cm³/mol. The molecule has 0 spiro atoms. The number of halogens is 3. The highest BCUT2D eigenvalue weighted by Gasteiger charge is 2.28. The third-order valence-electron chi connectivity index (χ3n) is 1.89. The molecule has 1 nitrogen and oxygen atoms in total. The lowest BCUT2D eigenvalue weighted by atomic mass is 10.2. The minimum atomic E-state index is -3.06. The van der Waals surface area contributed by atoms with Crippen LogP contribution in [0.3, 0.4) is 0 Å². The van der Waals surface area contributed by atoms with Gasteiger partial charge in [0.2, 0.25) is 0 Å². The van der Waals surface area contributed by atoms with Crippen molar-refractivity contribution < 1.29 is 8.78 Å². The van der Waals surface area contributed by atoms with Crippen molar-refractivity contribution in [1.29, 1.82) is 0 Å². The lowest BCUT2D eigenvalue weighted by Gasteiger charge is -2.07. The molecule has 72 valence electrons. The molecule has 0 atom stereocenters. The second-order valence-corrected chi connectivity index (χ2v) is 3.88. The highest BCUT2D eigenvalue weighted by molar-refractivity contribution is 9.09. The Morgan fingerprint density at radius 3 is 2.50 bits per heavy atom. The van der Waals surface area contributed by atoms with Crippen LogP contribution in [0.2, 0.25) is 0 Å². The number of nitrogens with zero attached hydrogens (tertiary/aromatic N) is 1. The molecular formula is C10H6BrF2N. The molecule has 1 aromatic heterocycles. The topological polar surface area (TPSA) is 12.9 Å². The highest BCUT2D eigenvalue weighted by Crippen LogP contribution is 2.33. The van der Waals surface area contributed by atoms with Gasteiger partial charge in [-0.25, -0.2) is 4.98 Å². The normalized spacial score (nSPS) is 11.9. The number of para-hydroxylation sites is 1. The van der Waals surface area contributed by atoms with E-state index < -0.39 is 4.83 Å². The maximum absolute atomic E-state index is 12.8. The van der Waals surface area contributed by atoms with Crippen molar-refractivity contribution in [2.45, 2.75) is 4.83 Å². The van der Waals surface area contributed by atoms with E-state index in [0.717, 1.165) is 5.39 Å². The third kappa shape index (κ3) is 1.75. The van der Waals surface area contributed by atoms with Gasteiger partial charge in [0.1, 0.15) is 5.69 Å². The fraction of sp³-hybridized carbons (Fsp3) is 0.100. The van der Waals surface area contributed by atoms with Crippen molar-refractivity contribution in [2.75, 3.05) is 0 Å². The molecule has 1 heterocycles. The minimum absolute atomic E-state index is 0.267. The molecule has 0 aliphatic carbocycles. The van der Waals surface area contributed by atoms with E-state index in [2.05, 4.69) is 20.9 Å². The van der Waals surface area contributed by atoms with Crippen LogP contribution in [-0.4, -0.2) is 4.98 Å². The molecule has 0 amide bonds. The van der Waals surface area contributed by atoms with Gasteiger partial charge in [0.05, 0.1) is 5.52 Å². The van der Waals surface area contributed by atoms with E-state index in [1.807, 2.05) is 12.1 Å². The quantitative estimate of drug-likeness (QED) is 0.711. The Hall–Kier alpha value is -1.03. The van der Waals surface area contributed by atoms with Crippen molar-refractivity contribution in [3.63, 3.8) is 0 Å². The van der Waals surface area contributed by atoms with Gasteiger partial charge in [-0.1, -0.05) is 24.3 Å². The van der Waals surface area contributed by atoms with Crippen LogP contribution in [0.5, 0.6) is 0 Å². The molecule has 0 aliphatic heterocycles. The Kier molecular flexibility index (Phi) is 2.23. The average molecular weight is 258 g/mol. The molecule has 0 saturated heterocycles.